The van der Waals surface area contributed by atoms with E-state index in [-0.39, 0.29) is 17.8 Å². The van der Waals surface area contributed by atoms with Crippen molar-refractivity contribution in [1.29, 1.82) is 0 Å². The van der Waals surface area contributed by atoms with Gasteiger partial charge in [0.2, 0.25) is 0 Å². The number of amides is 1. The van der Waals surface area contributed by atoms with Crippen molar-refractivity contribution in [1.82, 2.24) is 5.32 Å². The van der Waals surface area contributed by atoms with Crippen LogP contribution in [0.1, 0.15) is 28.4 Å². The average molecular weight is 293 g/mol. The van der Waals surface area contributed by atoms with Gasteiger partial charge in [0.1, 0.15) is 5.82 Å². The standard InChI is InChI=1S/C14H12FNOS2/c15-10-1-2-13-11(7-10)12(4-6-19-13)16-14(17)9-3-5-18-8-9/h1-3,5,7-8,12H,4,6H2,(H,16,17). The van der Waals surface area contributed by atoms with Gasteiger partial charge >= 0.3 is 0 Å². The maximum absolute atomic E-state index is 13.4. The third-order valence-corrected chi connectivity index (χ3v) is 4.91. The van der Waals surface area contributed by atoms with Gasteiger partial charge < -0.3 is 5.32 Å². The number of thiophene rings is 1. The third-order valence-electron chi connectivity index (χ3n) is 3.10. The van der Waals surface area contributed by atoms with Crippen LogP contribution in [-0.2, 0) is 0 Å². The molecule has 1 aliphatic heterocycles. The van der Waals surface area contributed by atoms with Gasteiger partial charge in [0.25, 0.3) is 5.91 Å². The summed E-state index contributed by atoms with van der Waals surface area (Å²) in [6.45, 7) is 0. The zero-order chi connectivity index (χ0) is 13.2. The van der Waals surface area contributed by atoms with E-state index in [2.05, 4.69) is 5.32 Å². The number of rotatable bonds is 2. The van der Waals surface area contributed by atoms with E-state index in [9.17, 15) is 9.18 Å². The van der Waals surface area contributed by atoms with E-state index in [1.807, 2.05) is 10.8 Å². The summed E-state index contributed by atoms with van der Waals surface area (Å²) in [5.74, 6) is 0.595. The smallest absolute Gasteiger partial charge is 0.252 e. The predicted octanol–water partition coefficient (Wildman–Crippen LogP) is 3.85. The minimum absolute atomic E-state index is 0.0895. The number of hydrogen-bond acceptors (Lipinski definition) is 3. The molecule has 0 radical (unpaired) electrons. The minimum atomic E-state index is -0.254. The van der Waals surface area contributed by atoms with Gasteiger partial charge in [-0.3, -0.25) is 4.79 Å². The molecule has 5 heteroatoms. The molecule has 1 aromatic carbocycles. The summed E-state index contributed by atoms with van der Waals surface area (Å²) in [5.41, 5.74) is 1.56. The monoisotopic (exact) mass is 293 g/mol. The highest BCUT2D eigenvalue weighted by atomic mass is 32.2. The molecule has 0 saturated heterocycles. The van der Waals surface area contributed by atoms with Crippen LogP contribution in [0.4, 0.5) is 4.39 Å². The first-order valence-corrected chi connectivity index (χ1v) is 7.92. The molecule has 0 fully saturated rings. The molecule has 2 heterocycles. The fraction of sp³-hybridized carbons (Fsp3) is 0.214. The molecule has 0 saturated carbocycles. The minimum Gasteiger partial charge on any atom is -0.345 e. The highest BCUT2D eigenvalue weighted by Crippen LogP contribution is 2.36. The van der Waals surface area contributed by atoms with Gasteiger partial charge in [-0.2, -0.15) is 11.3 Å². The number of carbonyl (C=O) groups excluding carboxylic acids is 1. The fourth-order valence-corrected chi connectivity index (χ4v) is 3.89. The molecule has 1 aliphatic rings. The first-order chi connectivity index (χ1) is 9.24. The van der Waals surface area contributed by atoms with Crippen LogP contribution in [0.15, 0.2) is 39.9 Å². The lowest BCUT2D eigenvalue weighted by Gasteiger charge is -2.25. The molecule has 2 aromatic rings. The second-order valence-corrected chi connectivity index (χ2v) is 6.27. The van der Waals surface area contributed by atoms with Crippen molar-refractivity contribution in [3.05, 3.63) is 52.0 Å². The first kappa shape index (κ1) is 12.7. The highest BCUT2D eigenvalue weighted by Gasteiger charge is 2.23. The van der Waals surface area contributed by atoms with E-state index in [0.717, 1.165) is 22.6 Å². The zero-order valence-corrected chi connectivity index (χ0v) is 11.7. The van der Waals surface area contributed by atoms with Crippen molar-refractivity contribution in [2.75, 3.05) is 5.75 Å². The van der Waals surface area contributed by atoms with Gasteiger partial charge in [0.05, 0.1) is 11.6 Å². The summed E-state index contributed by atoms with van der Waals surface area (Å²) in [7, 11) is 0. The van der Waals surface area contributed by atoms with Crippen molar-refractivity contribution in [2.24, 2.45) is 0 Å². The van der Waals surface area contributed by atoms with Crippen molar-refractivity contribution in [3.63, 3.8) is 0 Å². The maximum Gasteiger partial charge on any atom is 0.252 e. The summed E-state index contributed by atoms with van der Waals surface area (Å²) >= 11 is 3.20. The van der Waals surface area contributed by atoms with Crippen LogP contribution in [0.25, 0.3) is 0 Å². The largest absolute Gasteiger partial charge is 0.345 e. The predicted molar refractivity (Wildman–Crippen MR) is 76.3 cm³/mol. The molecule has 19 heavy (non-hydrogen) atoms. The Hall–Kier alpha value is -1.33. The molecule has 1 amide bonds. The van der Waals surface area contributed by atoms with Crippen LogP contribution < -0.4 is 5.32 Å². The van der Waals surface area contributed by atoms with Crippen LogP contribution in [0, 0.1) is 5.82 Å². The van der Waals surface area contributed by atoms with Crippen LogP contribution in [-0.4, -0.2) is 11.7 Å². The number of thioether (sulfide) groups is 1. The van der Waals surface area contributed by atoms with E-state index >= 15 is 0 Å². The summed E-state index contributed by atoms with van der Waals surface area (Å²) in [6, 6.07) is 6.48. The van der Waals surface area contributed by atoms with Crippen molar-refractivity contribution < 1.29 is 9.18 Å². The summed E-state index contributed by atoms with van der Waals surface area (Å²) in [4.78, 5) is 13.1. The van der Waals surface area contributed by atoms with Crippen LogP contribution in [0.2, 0.25) is 0 Å². The lowest BCUT2D eigenvalue weighted by Crippen LogP contribution is -2.30. The molecule has 98 valence electrons. The van der Waals surface area contributed by atoms with Crippen molar-refractivity contribution in [3.8, 4) is 0 Å². The molecule has 1 aromatic heterocycles. The quantitative estimate of drug-likeness (QED) is 0.911. The molecule has 1 atom stereocenters. The van der Waals surface area contributed by atoms with Gasteiger partial charge in [-0.05, 0) is 41.6 Å². The Kier molecular flexibility index (Phi) is 3.57. The van der Waals surface area contributed by atoms with E-state index in [1.165, 1.54) is 23.5 Å². The number of benzene rings is 1. The first-order valence-electron chi connectivity index (χ1n) is 5.99. The maximum atomic E-state index is 13.4. The van der Waals surface area contributed by atoms with Crippen LogP contribution in [0.5, 0.6) is 0 Å². The van der Waals surface area contributed by atoms with Gasteiger partial charge in [-0.1, -0.05) is 0 Å². The lowest BCUT2D eigenvalue weighted by atomic mass is 10.0. The molecule has 1 unspecified atom stereocenters. The lowest BCUT2D eigenvalue weighted by molar-refractivity contribution is 0.0935. The Labute approximate surface area is 119 Å². The Bertz CT molecular complexity index is 597. The van der Waals surface area contributed by atoms with Crippen molar-refractivity contribution >= 4 is 29.0 Å². The topological polar surface area (TPSA) is 29.1 Å². The second kappa shape index (κ2) is 5.35. The summed E-state index contributed by atoms with van der Waals surface area (Å²) in [5, 5.41) is 6.69. The molecule has 0 bridgehead atoms. The van der Waals surface area contributed by atoms with E-state index in [1.54, 1.807) is 23.9 Å². The Morgan fingerprint density at radius 2 is 2.26 bits per heavy atom. The molecule has 1 N–H and O–H groups in total. The van der Waals surface area contributed by atoms with Gasteiger partial charge in [-0.25, -0.2) is 4.39 Å². The summed E-state index contributed by atoms with van der Waals surface area (Å²) in [6.07, 6.45) is 0.830. The van der Waals surface area contributed by atoms with Gasteiger partial charge in [0, 0.05) is 16.0 Å². The van der Waals surface area contributed by atoms with Crippen LogP contribution >= 0.6 is 23.1 Å². The fourth-order valence-electron chi connectivity index (χ4n) is 2.15. The normalized spacial score (nSPS) is 17.8. The molecule has 2 nitrogen and oxygen atoms in total. The molecular weight excluding hydrogens is 281 g/mol. The Balaban J connectivity index is 1.84. The van der Waals surface area contributed by atoms with E-state index in [4.69, 9.17) is 0 Å². The third kappa shape index (κ3) is 2.67. The zero-order valence-electron chi connectivity index (χ0n) is 10.1. The molecular formula is C14H12FNOS2. The number of hydrogen-bond donors (Lipinski definition) is 1. The van der Waals surface area contributed by atoms with E-state index < -0.39 is 0 Å². The van der Waals surface area contributed by atoms with E-state index in [0.29, 0.717) is 5.56 Å². The molecule has 3 rings (SSSR count). The second-order valence-electron chi connectivity index (χ2n) is 4.36. The highest BCUT2D eigenvalue weighted by molar-refractivity contribution is 7.99. The van der Waals surface area contributed by atoms with Gasteiger partial charge in [-0.15, -0.1) is 11.8 Å². The van der Waals surface area contributed by atoms with Crippen LogP contribution in [0.3, 0.4) is 0 Å². The SMILES string of the molecule is O=C(NC1CCSc2ccc(F)cc21)c1ccsc1. The van der Waals surface area contributed by atoms with Crippen molar-refractivity contribution in [2.45, 2.75) is 17.4 Å². The Morgan fingerprint density at radius 3 is 3.05 bits per heavy atom. The number of halogens is 1. The number of nitrogens with one attached hydrogen (secondary N) is 1. The molecule has 0 aliphatic carbocycles. The molecule has 0 spiro atoms. The average Bonchev–Trinajstić information content (AvgIpc) is 2.93. The number of fused-ring (bicyclic) bond motifs is 1. The Morgan fingerprint density at radius 1 is 1.37 bits per heavy atom. The summed E-state index contributed by atoms with van der Waals surface area (Å²) < 4.78 is 13.4. The number of carbonyl (C=O) groups is 1. The van der Waals surface area contributed by atoms with Gasteiger partial charge in [0.15, 0.2) is 0 Å².